The van der Waals surface area contributed by atoms with Gasteiger partial charge in [0.25, 0.3) is 0 Å². The molecule has 0 bridgehead atoms. The number of rotatable bonds is 4. The van der Waals surface area contributed by atoms with E-state index in [0.29, 0.717) is 11.8 Å². The number of methoxy groups -OCH3 is 1. The van der Waals surface area contributed by atoms with E-state index in [1.54, 1.807) is 7.11 Å². The Labute approximate surface area is 115 Å². The lowest BCUT2D eigenvalue weighted by molar-refractivity contribution is 0.399. The summed E-state index contributed by atoms with van der Waals surface area (Å²) in [6, 6.07) is 3.99. The summed E-state index contributed by atoms with van der Waals surface area (Å²) in [7, 11) is 1.72. The number of ether oxygens (including phenoxy) is 1. The zero-order valence-electron chi connectivity index (χ0n) is 11.8. The molecule has 0 aliphatic carbocycles. The molecule has 1 rings (SSSR count). The van der Waals surface area contributed by atoms with Crippen molar-refractivity contribution in [1.29, 1.82) is 0 Å². The summed E-state index contributed by atoms with van der Waals surface area (Å²) < 4.78 is 5.59. The van der Waals surface area contributed by atoms with E-state index in [4.69, 9.17) is 16.3 Å². The van der Waals surface area contributed by atoms with Crippen LogP contribution in [0, 0.1) is 11.8 Å². The van der Waals surface area contributed by atoms with Crippen molar-refractivity contribution in [1.82, 2.24) is 0 Å². The van der Waals surface area contributed by atoms with Gasteiger partial charge in [0, 0.05) is 11.4 Å². The van der Waals surface area contributed by atoms with Crippen LogP contribution in [0.5, 0.6) is 5.75 Å². The molecule has 98 valence electrons. The van der Waals surface area contributed by atoms with Crippen LogP contribution in [0.1, 0.15) is 57.1 Å². The molecule has 1 aromatic carbocycles. The second-order valence-corrected chi connectivity index (χ2v) is 5.24. The molecule has 1 aromatic rings. The molecule has 0 radical (unpaired) electrons. The maximum atomic E-state index is 6.21. The first kappa shape index (κ1) is 14.9. The number of hydrogen-bond acceptors (Lipinski definition) is 1. The van der Waals surface area contributed by atoms with Crippen LogP contribution >= 0.6 is 11.6 Å². The summed E-state index contributed by atoms with van der Waals surface area (Å²) in [6.07, 6.45) is 0.824. The molecule has 0 heterocycles. The fourth-order valence-corrected chi connectivity index (χ4v) is 2.27. The van der Waals surface area contributed by atoms with Gasteiger partial charge in [0.15, 0.2) is 0 Å². The van der Waals surface area contributed by atoms with Gasteiger partial charge in [0.05, 0.1) is 7.11 Å². The van der Waals surface area contributed by atoms with Crippen molar-refractivity contribution in [3.8, 4) is 17.6 Å². The summed E-state index contributed by atoms with van der Waals surface area (Å²) in [5.41, 5.74) is 2.31. The maximum Gasteiger partial charge on any atom is 0.125 e. The lowest BCUT2D eigenvalue weighted by atomic mass is 9.91. The quantitative estimate of drug-likeness (QED) is 0.696. The Kier molecular flexibility index (Phi) is 5.56. The second kappa shape index (κ2) is 6.71. The summed E-state index contributed by atoms with van der Waals surface area (Å²) in [4.78, 5) is 0. The number of halogens is 1. The summed E-state index contributed by atoms with van der Waals surface area (Å²) in [6.45, 7) is 8.31. The minimum Gasteiger partial charge on any atom is -0.496 e. The Bertz CT molecular complexity index is 466. The average Bonchev–Trinajstić information content (AvgIpc) is 2.34. The van der Waals surface area contributed by atoms with Gasteiger partial charge in [-0.05, 0) is 42.0 Å². The van der Waals surface area contributed by atoms with Crippen LogP contribution in [0.25, 0.3) is 0 Å². The molecule has 0 amide bonds. The van der Waals surface area contributed by atoms with Gasteiger partial charge in [0.1, 0.15) is 5.75 Å². The van der Waals surface area contributed by atoms with Crippen molar-refractivity contribution < 1.29 is 4.74 Å². The number of hydrogen-bond donors (Lipinski definition) is 0. The molecule has 18 heavy (non-hydrogen) atoms. The Hall–Kier alpha value is -1.13. The normalized spacial score (nSPS) is 11.9. The molecule has 0 N–H and O–H groups in total. The van der Waals surface area contributed by atoms with E-state index in [0.717, 1.165) is 28.3 Å². The third-order valence-electron chi connectivity index (χ3n) is 3.05. The van der Waals surface area contributed by atoms with Gasteiger partial charge in [-0.25, -0.2) is 0 Å². The first-order valence-electron chi connectivity index (χ1n) is 6.28. The summed E-state index contributed by atoms with van der Waals surface area (Å²) in [5, 5.41) is 0.769. The van der Waals surface area contributed by atoms with Crippen LogP contribution in [0.2, 0.25) is 5.02 Å². The topological polar surface area (TPSA) is 9.23 Å². The molecule has 1 atom stereocenters. The predicted octanol–water partition coefficient (Wildman–Crippen LogP) is 4.99. The lowest BCUT2D eigenvalue weighted by Gasteiger charge is -2.19. The number of benzene rings is 1. The van der Waals surface area contributed by atoms with E-state index in [1.807, 2.05) is 19.1 Å². The zero-order valence-corrected chi connectivity index (χ0v) is 12.6. The summed E-state index contributed by atoms with van der Waals surface area (Å²) in [5.74, 6) is 7.72. The minimum atomic E-state index is 0.323. The van der Waals surface area contributed by atoms with Crippen molar-refractivity contribution >= 4 is 11.6 Å². The van der Waals surface area contributed by atoms with Gasteiger partial charge in [-0.15, -0.1) is 11.8 Å². The van der Waals surface area contributed by atoms with E-state index >= 15 is 0 Å². The monoisotopic (exact) mass is 264 g/mol. The molecule has 2 heteroatoms. The SMILES string of the molecule is CC#CCC(C)c1cc(Cl)cc(C(C)C)c1OC. The zero-order chi connectivity index (χ0) is 13.7. The largest absolute Gasteiger partial charge is 0.496 e. The van der Waals surface area contributed by atoms with Gasteiger partial charge in [-0.1, -0.05) is 32.4 Å². The molecule has 0 aliphatic rings. The van der Waals surface area contributed by atoms with E-state index in [-0.39, 0.29) is 0 Å². The highest BCUT2D eigenvalue weighted by Crippen LogP contribution is 2.38. The molecule has 0 saturated carbocycles. The smallest absolute Gasteiger partial charge is 0.125 e. The first-order valence-corrected chi connectivity index (χ1v) is 6.66. The molecule has 1 nitrogen and oxygen atoms in total. The van der Waals surface area contributed by atoms with Gasteiger partial charge in [-0.2, -0.15) is 0 Å². The molecule has 0 fully saturated rings. The van der Waals surface area contributed by atoms with Crippen LogP contribution in [-0.2, 0) is 0 Å². The fourth-order valence-electron chi connectivity index (χ4n) is 2.03. The molecule has 1 unspecified atom stereocenters. The Balaban J connectivity index is 3.27. The van der Waals surface area contributed by atoms with Crippen molar-refractivity contribution in [3.63, 3.8) is 0 Å². The average molecular weight is 265 g/mol. The highest BCUT2D eigenvalue weighted by molar-refractivity contribution is 6.30. The van der Waals surface area contributed by atoms with E-state index in [1.165, 1.54) is 0 Å². The lowest BCUT2D eigenvalue weighted by Crippen LogP contribution is -2.02. The van der Waals surface area contributed by atoms with Crippen molar-refractivity contribution in [3.05, 3.63) is 28.3 Å². The molecular formula is C16H21ClO. The van der Waals surface area contributed by atoms with Crippen molar-refractivity contribution in [2.45, 2.75) is 46.0 Å². The van der Waals surface area contributed by atoms with Crippen LogP contribution in [0.3, 0.4) is 0 Å². The van der Waals surface area contributed by atoms with E-state index in [9.17, 15) is 0 Å². The molecular weight excluding hydrogens is 244 g/mol. The Morgan fingerprint density at radius 3 is 2.33 bits per heavy atom. The molecule has 0 aromatic heterocycles. The van der Waals surface area contributed by atoms with Crippen molar-refractivity contribution in [2.75, 3.05) is 7.11 Å². The van der Waals surface area contributed by atoms with E-state index < -0.39 is 0 Å². The highest BCUT2D eigenvalue weighted by Gasteiger charge is 2.17. The van der Waals surface area contributed by atoms with Gasteiger partial charge < -0.3 is 4.74 Å². The molecule has 0 spiro atoms. The van der Waals surface area contributed by atoms with Crippen LogP contribution in [0.15, 0.2) is 12.1 Å². The first-order chi connectivity index (χ1) is 8.51. The van der Waals surface area contributed by atoms with E-state index in [2.05, 4.69) is 32.6 Å². The van der Waals surface area contributed by atoms with Crippen LogP contribution in [-0.4, -0.2) is 7.11 Å². The van der Waals surface area contributed by atoms with Crippen LogP contribution in [0.4, 0.5) is 0 Å². The standard InChI is InChI=1S/C16H21ClO/c1-6-7-8-12(4)15-10-13(17)9-14(11(2)3)16(15)18-5/h9-12H,8H2,1-5H3. The Morgan fingerprint density at radius 2 is 1.83 bits per heavy atom. The highest BCUT2D eigenvalue weighted by atomic mass is 35.5. The maximum absolute atomic E-state index is 6.21. The predicted molar refractivity (Wildman–Crippen MR) is 78.6 cm³/mol. The third kappa shape index (κ3) is 3.43. The third-order valence-corrected chi connectivity index (χ3v) is 3.27. The van der Waals surface area contributed by atoms with Gasteiger partial charge in [0.2, 0.25) is 0 Å². The summed E-state index contributed by atoms with van der Waals surface area (Å²) >= 11 is 6.21. The van der Waals surface area contributed by atoms with Gasteiger partial charge in [-0.3, -0.25) is 0 Å². The van der Waals surface area contributed by atoms with Crippen molar-refractivity contribution in [2.24, 2.45) is 0 Å². The molecule has 0 saturated heterocycles. The minimum absolute atomic E-state index is 0.323. The Morgan fingerprint density at radius 1 is 1.22 bits per heavy atom. The fraction of sp³-hybridized carbons (Fsp3) is 0.500. The van der Waals surface area contributed by atoms with Gasteiger partial charge >= 0.3 is 0 Å². The molecule has 0 aliphatic heterocycles. The van der Waals surface area contributed by atoms with Crippen LogP contribution < -0.4 is 4.74 Å². The second-order valence-electron chi connectivity index (χ2n) is 4.80.